The van der Waals surface area contributed by atoms with Gasteiger partial charge in [0.05, 0.1) is 5.56 Å². The van der Waals surface area contributed by atoms with Gasteiger partial charge in [-0.15, -0.1) is 11.3 Å². The van der Waals surface area contributed by atoms with Crippen LogP contribution in [0.3, 0.4) is 0 Å². The second-order valence-corrected chi connectivity index (χ2v) is 7.94. The highest BCUT2D eigenvalue weighted by atomic mass is 79.9. The molecule has 0 fully saturated rings. The molecule has 1 aliphatic heterocycles. The Morgan fingerprint density at radius 3 is 2.81 bits per heavy atom. The van der Waals surface area contributed by atoms with E-state index in [1.165, 1.54) is 22.4 Å². The molecule has 1 amide bonds. The summed E-state index contributed by atoms with van der Waals surface area (Å²) in [5, 5.41) is 2.47. The molecule has 4 rings (SSSR count). The van der Waals surface area contributed by atoms with Gasteiger partial charge in [-0.25, -0.2) is 9.97 Å². The molecule has 0 bridgehead atoms. The Balaban J connectivity index is 1.70. The van der Waals surface area contributed by atoms with Crippen molar-refractivity contribution in [2.45, 2.75) is 6.18 Å². The molecule has 0 unspecified atom stereocenters. The number of rotatable bonds is 2. The number of pyridine rings is 1. The van der Waals surface area contributed by atoms with E-state index in [-0.39, 0.29) is 15.3 Å². The van der Waals surface area contributed by atoms with Gasteiger partial charge in [-0.05, 0) is 22.0 Å². The third-order valence-corrected chi connectivity index (χ3v) is 5.69. The standard InChI is InChI=1S/C16H9BrClF3N4OS/c17-9-5-10(16(19,20)21)13-23-11(12(18)25(13)7-9)15(26)24-3-1-8(6-24)14-22-2-4-27-14/h1-2,4-5,7H,3,6H2. The minimum atomic E-state index is -4.63. The molecule has 4 heterocycles. The van der Waals surface area contributed by atoms with Gasteiger partial charge in [0.2, 0.25) is 0 Å². The monoisotopic (exact) mass is 476 g/mol. The number of fused-ring (bicyclic) bond motifs is 1. The van der Waals surface area contributed by atoms with Crippen LogP contribution in [0.25, 0.3) is 11.2 Å². The zero-order valence-corrected chi connectivity index (χ0v) is 16.5. The number of carbonyl (C=O) groups excluding carboxylic acids is 1. The number of halogens is 5. The van der Waals surface area contributed by atoms with Gasteiger partial charge in [-0.3, -0.25) is 9.20 Å². The summed E-state index contributed by atoms with van der Waals surface area (Å²) in [5.41, 5.74) is -0.710. The molecule has 0 aliphatic carbocycles. The highest BCUT2D eigenvalue weighted by Crippen LogP contribution is 2.36. The van der Waals surface area contributed by atoms with E-state index >= 15 is 0 Å². The van der Waals surface area contributed by atoms with Crippen molar-refractivity contribution >= 4 is 56.0 Å². The lowest BCUT2D eigenvalue weighted by atomic mass is 10.2. The molecule has 0 aromatic carbocycles. The van der Waals surface area contributed by atoms with Gasteiger partial charge in [-0.1, -0.05) is 17.7 Å². The second kappa shape index (κ2) is 6.61. The summed E-state index contributed by atoms with van der Waals surface area (Å²) in [5.74, 6) is -0.532. The lowest BCUT2D eigenvalue weighted by Gasteiger charge is -2.14. The molecule has 0 saturated heterocycles. The molecule has 140 valence electrons. The average molecular weight is 478 g/mol. The van der Waals surface area contributed by atoms with Crippen LogP contribution in [0.4, 0.5) is 13.2 Å². The third-order valence-electron chi connectivity index (χ3n) is 4.05. The predicted octanol–water partition coefficient (Wildman–Crippen LogP) is 4.76. The van der Waals surface area contributed by atoms with E-state index in [0.29, 0.717) is 13.1 Å². The van der Waals surface area contributed by atoms with Crippen LogP contribution in [0.2, 0.25) is 5.15 Å². The number of thiazole rings is 1. The molecule has 1 aliphatic rings. The minimum Gasteiger partial charge on any atom is -0.329 e. The molecule has 0 N–H and O–H groups in total. The van der Waals surface area contributed by atoms with Crippen LogP contribution in [-0.2, 0) is 6.18 Å². The first kappa shape index (κ1) is 18.5. The van der Waals surface area contributed by atoms with Gasteiger partial charge in [0.25, 0.3) is 5.91 Å². The number of hydrogen-bond donors (Lipinski definition) is 0. The predicted molar refractivity (Wildman–Crippen MR) is 98.9 cm³/mol. The fourth-order valence-electron chi connectivity index (χ4n) is 2.83. The summed E-state index contributed by atoms with van der Waals surface area (Å²) in [6, 6.07) is 0.908. The van der Waals surface area contributed by atoms with E-state index in [4.69, 9.17) is 11.6 Å². The van der Waals surface area contributed by atoms with Crippen molar-refractivity contribution in [2.75, 3.05) is 13.1 Å². The maximum Gasteiger partial charge on any atom is 0.420 e. The van der Waals surface area contributed by atoms with Crippen molar-refractivity contribution in [3.8, 4) is 0 Å². The maximum atomic E-state index is 13.3. The molecule has 5 nitrogen and oxygen atoms in total. The third kappa shape index (κ3) is 3.26. The molecule has 0 spiro atoms. The Morgan fingerprint density at radius 1 is 1.37 bits per heavy atom. The van der Waals surface area contributed by atoms with Crippen molar-refractivity contribution in [1.29, 1.82) is 0 Å². The Hall–Kier alpha value is -1.91. The normalized spacial score (nSPS) is 14.9. The molecule has 11 heteroatoms. The van der Waals surface area contributed by atoms with Crippen molar-refractivity contribution < 1.29 is 18.0 Å². The number of carbonyl (C=O) groups is 1. The van der Waals surface area contributed by atoms with Crippen LogP contribution in [-0.4, -0.2) is 38.3 Å². The van der Waals surface area contributed by atoms with Gasteiger partial charge in [0.1, 0.15) is 10.2 Å². The quantitative estimate of drug-likeness (QED) is 0.534. The SMILES string of the molecule is O=C(c1nc2c(C(F)(F)F)cc(Br)cn2c1Cl)N1CC=C(c2nccs2)C1. The van der Waals surface area contributed by atoms with Crippen molar-refractivity contribution in [1.82, 2.24) is 19.3 Å². The Kier molecular flexibility index (Phi) is 4.52. The van der Waals surface area contributed by atoms with E-state index in [2.05, 4.69) is 25.9 Å². The number of alkyl halides is 3. The second-order valence-electron chi connectivity index (χ2n) is 5.77. The number of aromatic nitrogens is 3. The maximum absolute atomic E-state index is 13.3. The van der Waals surface area contributed by atoms with Crippen LogP contribution in [0.1, 0.15) is 21.1 Å². The van der Waals surface area contributed by atoms with Gasteiger partial charge >= 0.3 is 6.18 Å². The summed E-state index contributed by atoms with van der Waals surface area (Å²) < 4.78 is 41.2. The van der Waals surface area contributed by atoms with Gasteiger partial charge in [0.15, 0.2) is 11.3 Å². The first-order chi connectivity index (χ1) is 12.8. The van der Waals surface area contributed by atoms with E-state index in [1.54, 1.807) is 6.20 Å². The average Bonchev–Trinajstić information content (AvgIpc) is 3.32. The number of imidazole rings is 1. The Bertz CT molecular complexity index is 1080. The summed E-state index contributed by atoms with van der Waals surface area (Å²) in [7, 11) is 0. The van der Waals surface area contributed by atoms with Gasteiger partial charge in [-0.2, -0.15) is 13.2 Å². The Labute approximate surface area is 168 Å². The fraction of sp³-hybridized carbons (Fsp3) is 0.188. The molecule has 3 aromatic heterocycles. The molecule has 0 radical (unpaired) electrons. The van der Waals surface area contributed by atoms with E-state index < -0.39 is 23.3 Å². The number of nitrogens with zero attached hydrogens (tertiary/aromatic N) is 4. The molecular formula is C16H9BrClF3N4OS. The van der Waals surface area contributed by atoms with Crippen LogP contribution in [0, 0.1) is 0 Å². The van der Waals surface area contributed by atoms with E-state index in [1.807, 2.05) is 11.5 Å². The summed E-state index contributed by atoms with van der Waals surface area (Å²) in [6.45, 7) is 0.611. The van der Waals surface area contributed by atoms with Crippen molar-refractivity contribution in [3.63, 3.8) is 0 Å². The highest BCUT2D eigenvalue weighted by molar-refractivity contribution is 9.10. The molecule has 3 aromatic rings. The molecule has 27 heavy (non-hydrogen) atoms. The van der Waals surface area contributed by atoms with E-state index in [0.717, 1.165) is 21.0 Å². The summed E-state index contributed by atoms with van der Waals surface area (Å²) in [6.07, 6.45) is 0.242. The minimum absolute atomic E-state index is 0.163. The first-order valence-corrected chi connectivity index (χ1v) is 9.63. The zero-order chi connectivity index (χ0) is 19.3. The van der Waals surface area contributed by atoms with Crippen LogP contribution < -0.4 is 0 Å². The zero-order valence-electron chi connectivity index (χ0n) is 13.3. The summed E-state index contributed by atoms with van der Waals surface area (Å²) >= 11 is 10.7. The van der Waals surface area contributed by atoms with Crippen LogP contribution in [0.15, 0.2) is 34.4 Å². The topological polar surface area (TPSA) is 50.5 Å². The highest BCUT2D eigenvalue weighted by Gasteiger charge is 2.36. The summed E-state index contributed by atoms with van der Waals surface area (Å²) in [4.78, 5) is 22.4. The first-order valence-electron chi connectivity index (χ1n) is 7.58. The van der Waals surface area contributed by atoms with Crippen LogP contribution >= 0.6 is 38.9 Å². The largest absolute Gasteiger partial charge is 0.420 e. The van der Waals surface area contributed by atoms with Gasteiger partial charge in [0, 0.05) is 40.9 Å². The Morgan fingerprint density at radius 2 is 2.15 bits per heavy atom. The molecule has 0 atom stereocenters. The smallest absolute Gasteiger partial charge is 0.329 e. The molecular weight excluding hydrogens is 469 g/mol. The molecule has 0 saturated carbocycles. The lowest BCUT2D eigenvalue weighted by Crippen LogP contribution is -2.29. The van der Waals surface area contributed by atoms with Crippen LogP contribution in [0.5, 0.6) is 0 Å². The fourth-order valence-corrected chi connectivity index (χ4v) is 4.18. The number of hydrogen-bond acceptors (Lipinski definition) is 4. The van der Waals surface area contributed by atoms with Crippen molar-refractivity contribution in [2.24, 2.45) is 0 Å². The van der Waals surface area contributed by atoms with E-state index in [9.17, 15) is 18.0 Å². The van der Waals surface area contributed by atoms with Crippen molar-refractivity contribution in [3.05, 3.63) is 55.8 Å². The van der Waals surface area contributed by atoms with Gasteiger partial charge < -0.3 is 4.90 Å². The lowest BCUT2D eigenvalue weighted by molar-refractivity contribution is -0.136. The number of amides is 1.